The molecule has 0 spiro atoms. The summed E-state index contributed by atoms with van der Waals surface area (Å²) < 4.78 is 18.7. The SMILES string of the molecule is COc1cc(F)c2c(c1)C(N)C(C)SC2. The molecule has 1 aromatic rings. The summed E-state index contributed by atoms with van der Waals surface area (Å²) in [4.78, 5) is 0. The van der Waals surface area contributed by atoms with E-state index >= 15 is 0 Å². The first-order chi connectivity index (χ1) is 7.13. The number of nitrogens with two attached hydrogens (primary N) is 1. The molecule has 1 aromatic carbocycles. The lowest BCUT2D eigenvalue weighted by Crippen LogP contribution is -2.26. The van der Waals surface area contributed by atoms with Crippen molar-refractivity contribution < 1.29 is 9.13 Å². The van der Waals surface area contributed by atoms with Crippen LogP contribution in [0.1, 0.15) is 24.1 Å². The van der Waals surface area contributed by atoms with E-state index in [0.29, 0.717) is 16.8 Å². The van der Waals surface area contributed by atoms with E-state index in [1.165, 1.54) is 13.2 Å². The van der Waals surface area contributed by atoms with Crippen molar-refractivity contribution >= 4 is 11.8 Å². The molecule has 1 aliphatic heterocycles. The molecule has 1 aliphatic rings. The summed E-state index contributed by atoms with van der Waals surface area (Å²) in [5, 5.41) is 0.323. The van der Waals surface area contributed by atoms with Crippen LogP contribution in [0.15, 0.2) is 12.1 Å². The van der Waals surface area contributed by atoms with E-state index in [-0.39, 0.29) is 11.9 Å². The predicted molar refractivity (Wildman–Crippen MR) is 60.6 cm³/mol. The number of halogens is 1. The van der Waals surface area contributed by atoms with E-state index in [1.54, 1.807) is 11.8 Å². The van der Waals surface area contributed by atoms with Gasteiger partial charge >= 0.3 is 0 Å². The molecular weight excluding hydrogens is 213 g/mol. The maximum Gasteiger partial charge on any atom is 0.131 e. The van der Waals surface area contributed by atoms with Gasteiger partial charge in [0, 0.05) is 28.7 Å². The monoisotopic (exact) mass is 227 g/mol. The van der Waals surface area contributed by atoms with Gasteiger partial charge in [0.15, 0.2) is 0 Å². The third-order valence-electron chi connectivity index (χ3n) is 2.79. The van der Waals surface area contributed by atoms with Gasteiger partial charge < -0.3 is 10.5 Å². The second-order valence-electron chi connectivity index (χ2n) is 3.72. The van der Waals surface area contributed by atoms with Crippen LogP contribution in [0, 0.1) is 5.82 Å². The quantitative estimate of drug-likeness (QED) is 0.800. The fraction of sp³-hybridized carbons (Fsp3) is 0.455. The summed E-state index contributed by atoms with van der Waals surface area (Å²) in [6.45, 7) is 2.07. The fourth-order valence-electron chi connectivity index (χ4n) is 1.77. The Balaban J connectivity index is 2.51. The number of thioether (sulfide) groups is 1. The maximum atomic E-state index is 13.7. The molecule has 0 fully saturated rings. The highest BCUT2D eigenvalue weighted by molar-refractivity contribution is 7.99. The fourth-order valence-corrected chi connectivity index (χ4v) is 2.86. The minimum Gasteiger partial charge on any atom is -0.497 e. The molecule has 0 aliphatic carbocycles. The lowest BCUT2D eigenvalue weighted by atomic mass is 9.98. The Labute approximate surface area is 93.0 Å². The number of ether oxygens (including phenoxy) is 1. The lowest BCUT2D eigenvalue weighted by molar-refractivity contribution is 0.409. The van der Waals surface area contributed by atoms with Crippen molar-refractivity contribution in [3.63, 3.8) is 0 Å². The van der Waals surface area contributed by atoms with Gasteiger partial charge in [0.1, 0.15) is 11.6 Å². The third kappa shape index (κ3) is 1.84. The normalized spacial score (nSPS) is 24.8. The van der Waals surface area contributed by atoms with Crippen molar-refractivity contribution in [3.05, 3.63) is 29.1 Å². The summed E-state index contributed by atoms with van der Waals surface area (Å²) in [7, 11) is 1.54. The van der Waals surface area contributed by atoms with Crippen molar-refractivity contribution in [1.82, 2.24) is 0 Å². The average Bonchev–Trinajstić information content (AvgIpc) is 2.23. The van der Waals surface area contributed by atoms with Crippen LogP contribution in [0.4, 0.5) is 4.39 Å². The standard InChI is InChI=1S/C11H14FNOS/c1-6-11(13)8-3-7(14-2)4-10(12)9(8)5-15-6/h3-4,6,11H,5,13H2,1-2H3. The van der Waals surface area contributed by atoms with Crippen LogP contribution in [0.25, 0.3) is 0 Å². The van der Waals surface area contributed by atoms with Crippen LogP contribution < -0.4 is 10.5 Å². The molecule has 4 heteroatoms. The molecule has 0 aromatic heterocycles. The predicted octanol–water partition coefficient (Wildman–Crippen LogP) is 2.47. The Morgan fingerprint density at radius 3 is 2.93 bits per heavy atom. The van der Waals surface area contributed by atoms with Crippen molar-refractivity contribution in [2.75, 3.05) is 7.11 Å². The first kappa shape index (κ1) is 10.8. The van der Waals surface area contributed by atoms with Crippen LogP contribution >= 0.6 is 11.8 Å². The minimum atomic E-state index is -0.209. The molecule has 0 saturated carbocycles. The molecule has 82 valence electrons. The van der Waals surface area contributed by atoms with Crippen LogP contribution in [0.2, 0.25) is 0 Å². The number of benzene rings is 1. The van der Waals surface area contributed by atoms with E-state index < -0.39 is 0 Å². The minimum absolute atomic E-state index is 0.108. The van der Waals surface area contributed by atoms with Gasteiger partial charge in [0.05, 0.1) is 7.11 Å². The number of fused-ring (bicyclic) bond motifs is 1. The zero-order chi connectivity index (χ0) is 11.0. The van der Waals surface area contributed by atoms with Gasteiger partial charge in [-0.2, -0.15) is 11.8 Å². The molecule has 2 atom stereocenters. The van der Waals surface area contributed by atoms with Crippen LogP contribution in [-0.4, -0.2) is 12.4 Å². The van der Waals surface area contributed by atoms with Gasteiger partial charge in [-0.1, -0.05) is 6.92 Å². The molecule has 0 amide bonds. The molecule has 2 nitrogen and oxygen atoms in total. The van der Waals surface area contributed by atoms with E-state index in [9.17, 15) is 4.39 Å². The summed E-state index contributed by atoms with van der Waals surface area (Å²) in [5.74, 6) is 1.03. The molecule has 0 saturated heterocycles. The molecule has 0 bridgehead atoms. The highest BCUT2D eigenvalue weighted by atomic mass is 32.2. The van der Waals surface area contributed by atoms with Crippen molar-refractivity contribution in [2.45, 2.75) is 24.0 Å². The molecule has 2 N–H and O–H groups in total. The van der Waals surface area contributed by atoms with Crippen LogP contribution in [-0.2, 0) is 5.75 Å². The summed E-state index contributed by atoms with van der Waals surface area (Å²) in [6.07, 6.45) is 0. The number of hydrogen-bond acceptors (Lipinski definition) is 3. The van der Waals surface area contributed by atoms with E-state index in [0.717, 1.165) is 11.1 Å². The van der Waals surface area contributed by atoms with E-state index in [4.69, 9.17) is 10.5 Å². The van der Waals surface area contributed by atoms with Gasteiger partial charge in [-0.05, 0) is 11.6 Å². The molecule has 15 heavy (non-hydrogen) atoms. The third-order valence-corrected chi connectivity index (χ3v) is 4.07. The summed E-state index contributed by atoms with van der Waals surface area (Å²) >= 11 is 1.69. The second kappa shape index (κ2) is 4.02. The lowest BCUT2D eigenvalue weighted by Gasteiger charge is -2.28. The van der Waals surface area contributed by atoms with Gasteiger partial charge in [0.2, 0.25) is 0 Å². The molecule has 2 rings (SSSR count). The Kier molecular flexibility index (Phi) is 2.89. The topological polar surface area (TPSA) is 35.2 Å². The maximum absolute atomic E-state index is 13.7. The van der Waals surface area contributed by atoms with Crippen molar-refractivity contribution in [2.24, 2.45) is 5.73 Å². The Morgan fingerprint density at radius 1 is 1.53 bits per heavy atom. The highest BCUT2D eigenvalue weighted by Crippen LogP contribution is 2.38. The first-order valence-electron chi connectivity index (χ1n) is 4.87. The Bertz CT molecular complexity index is 383. The molecule has 2 unspecified atom stereocenters. The van der Waals surface area contributed by atoms with Gasteiger partial charge in [-0.15, -0.1) is 0 Å². The zero-order valence-corrected chi connectivity index (χ0v) is 9.60. The molecule has 0 radical (unpaired) electrons. The summed E-state index contributed by atoms with van der Waals surface area (Å²) in [6, 6.07) is 3.16. The smallest absolute Gasteiger partial charge is 0.131 e. The number of hydrogen-bond donors (Lipinski definition) is 1. The van der Waals surface area contributed by atoms with Gasteiger partial charge in [-0.25, -0.2) is 4.39 Å². The summed E-state index contributed by atoms with van der Waals surface area (Å²) in [5.41, 5.74) is 7.65. The van der Waals surface area contributed by atoms with Gasteiger partial charge in [0.25, 0.3) is 0 Å². The largest absolute Gasteiger partial charge is 0.497 e. The number of rotatable bonds is 1. The zero-order valence-electron chi connectivity index (χ0n) is 8.79. The van der Waals surface area contributed by atoms with E-state index in [1.807, 2.05) is 6.07 Å². The molecular formula is C11H14FNOS. The second-order valence-corrected chi connectivity index (χ2v) is 5.08. The van der Waals surface area contributed by atoms with E-state index in [2.05, 4.69) is 6.92 Å². The van der Waals surface area contributed by atoms with Gasteiger partial charge in [-0.3, -0.25) is 0 Å². The van der Waals surface area contributed by atoms with Crippen LogP contribution in [0.3, 0.4) is 0 Å². The van der Waals surface area contributed by atoms with Crippen molar-refractivity contribution in [1.29, 1.82) is 0 Å². The van der Waals surface area contributed by atoms with Crippen LogP contribution in [0.5, 0.6) is 5.75 Å². The Morgan fingerprint density at radius 2 is 2.27 bits per heavy atom. The first-order valence-corrected chi connectivity index (χ1v) is 5.92. The number of methoxy groups -OCH3 is 1. The van der Waals surface area contributed by atoms with Crippen molar-refractivity contribution in [3.8, 4) is 5.75 Å². The Hall–Kier alpha value is -0.740. The molecule has 1 heterocycles. The average molecular weight is 227 g/mol. The highest BCUT2D eigenvalue weighted by Gasteiger charge is 2.26.